The first-order valence-corrected chi connectivity index (χ1v) is 27.1. The molecule has 2 heterocycles. The van der Waals surface area contributed by atoms with E-state index >= 15 is 0 Å². The number of aliphatic hydroxyl groups is 3. The number of hydrogen-bond donors (Lipinski definition) is 6. The lowest BCUT2D eigenvalue weighted by Crippen LogP contribution is -2.36. The Bertz CT molecular complexity index is 1860. The molecule has 0 aromatic carbocycles. The lowest BCUT2D eigenvalue weighted by molar-refractivity contribution is -0.161. The number of phosphoric acid groups is 2. The minimum Gasteiger partial charge on any atom is -0.462 e. The van der Waals surface area contributed by atoms with E-state index in [9.17, 15) is 48.6 Å². The second-order valence-electron chi connectivity index (χ2n) is 17.3. The van der Waals surface area contributed by atoms with Crippen molar-refractivity contribution in [1.29, 1.82) is 0 Å². The molecule has 19 nitrogen and oxygen atoms in total. The van der Waals surface area contributed by atoms with Crippen molar-refractivity contribution in [2.75, 3.05) is 25.6 Å². The van der Waals surface area contributed by atoms with Crippen molar-refractivity contribution in [3.05, 3.63) is 71.4 Å². The number of carbonyl (C=O) groups excluding carboxylic acids is 2. The summed E-state index contributed by atoms with van der Waals surface area (Å²) >= 11 is 0. The molecule has 0 spiro atoms. The second kappa shape index (κ2) is 34.9. The van der Waals surface area contributed by atoms with Crippen LogP contribution in [-0.4, -0.2) is 96.9 Å². The van der Waals surface area contributed by atoms with Gasteiger partial charge < -0.3 is 45.1 Å². The van der Waals surface area contributed by atoms with Gasteiger partial charge >= 0.3 is 33.3 Å². The first kappa shape index (κ1) is 60.8. The van der Waals surface area contributed by atoms with Crippen LogP contribution in [-0.2, 0) is 46.3 Å². The number of nitrogen functional groups attached to an aromatic ring is 1. The van der Waals surface area contributed by atoms with Gasteiger partial charge in [-0.25, -0.2) is 13.9 Å². The number of phosphoric ester groups is 2. The highest BCUT2D eigenvalue weighted by molar-refractivity contribution is 7.61. The van der Waals surface area contributed by atoms with Crippen LogP contribution >= 0.6 is 15.6 Å². The second-order valence-corrected chi connectivity index (χ2v) is 20.3. The number of aliphatic hydroxyl groups excluding tert-OH is 3. The van der Waals surface area contributed by atoms with Crippen molar-refractivity contribution in [3.63, 3.8) is 0 Å². The van der Waals surface area contributed by atoms with Crippen molar-refractivity contribution in [3.8, 4) is 0 Å². The van der Waals surface area contributed by atoms with Crippen LogP contribution in [0.2, 0.25) is 0 Å². The molecule has 8 atom stereocenters. The van der Waals surface area contributed by atoms with Crippen LogP contribution in [0.5, 0.6) is 0 Å². The van der Waals surface area contributed by atoms with Gasteiger partial charge in [0.2, 0.25) is 0 Å². The monoisotopic (exact) mass is 1000 g/mol. The Balaban J connectivity index is 1.86. The molecule has 2 rings (SSSR count). The van der Waals surface area contributed by atoms with Crippen molar-refractivity contribution >= 4 is 33.4 Å². The molecular formula is C47H79N3O16P2. The molecule has 1 aromatic rings. The highest BCUT2D eigenvalue weighted by atomic mass is 31.3. The van der Waals surface area contributed by atoms with Crippen LogP contribution in [0.15, 0.2) is 65.7 Å². The third-order valence-electron chi connectivity index (χ3n) is 10.7. The van der Waals surface area contributed by atoms with E-state index < -0.39 is 89.8 Å². The molecule has 0 saturated carbocycles. The molecule has 21 heteroatoms. The summed E-state index contributed by atoms with van der Waals surface area (Å²) in [4.78, 5) is 61.7. The third-order valence-corrected chi connectivity index (χ3v) is 13.3. The predicted octanol–water partition coefficient (Wildman–Crippen LogP) is 8.21. The van der Waals surface area contributed by atoms with Crippen LogP contribution in [0.1, 0.15) is 155 Å². The smallest absolute Gasteiger partial charge is 0.462 e. The highest BCUT2D eigenvalue weighted by Crippen LogP contribution is 2.60. The summed E-state index contributed by atoms with van der Waals surface area (Å²) in [5.41, 5.74) is 4.57. The van der Waals surface area contributed by atoms with Gasteiger partial charge in [-0.1, -0.05) is 140 Å². The average molecular weight is 1000 g/mol. The molecule has 68 heavy (non-hydrogen) atoms. The number of rotatable bonds is 38. The van der Waals surface area contributed by atoms with Gasteiger partial charge in [0.25, 0.3) is 0 Å². The zero-order chi connectivity index (χ0) is 50.2. The van der Waals surface area contributed by atoms with Gasteiger partial charge in [0.1, 0.15) is 30.7 Å². The van der Waals surface area contributed by atoms with Crippen LogP contribution in [0.25, 0.3) is 0 Å². The Kier molecular flexibility index (Phi) is 31.2. The van der Waals surface area contributed by atoms with E-state index in [1.54, 1.807) is 6.08 Å². The lowest BCUT2D eigenvalue weighted by atomic mass is 10.0. The molecular weight excluding hydrogens is 924 g/mol. The van der Waals surface area contributed by atoms with Gasteiger partial charge in [-0.3, -0.25) is 23.2 Å². The summed E-state index contributed by atoms with van der Waals surface area (Å²) in [7, 11) is -10.9. The van der Waals surface area contributed by atoms with Crippen molar-refractivity contribution in [2.45, 2.75) is 186 Å². The topological polar surface area (TPSA) is 286 Å². The van der Waals surface area contributed by atoms with E-state index in [2.05, 4.69) is 36.1 Å². The van der Waals surface area contributed by atoms with E-state index in [-0.39, 0.29) is 18.7 Å². The fourth-order valence-electron chi connectivity index (χ4n) is 6.86. The molecule has 7 N–H and O–H groups in total. The number of carbonyl (C=O) groups is 2. The SMILES string of the molecule is CCCCC/C=C\C=C/[C@H](O)C/C=C\C/C=C/CCCC(=O)O[C@H](COC(=O)CCCCCCCCCCCC(C)C)COP(=O)(O)OP(=O)(O)OC[C@H]1O[C@@H](n2ccc(N)nc2=O)[C@H](O)[C@@H]1O. The molecule has 0 bridgehead atoms. The maximum atomic E-state index is 12.8. The Morgan fingerprint density at radius 3 is 2.16 bits per heavy atom. The van der Waals surface area contributed by atoms with Gasteiger partial charge in [0.05, 0.1) is 19.3 Å². The quantitative estimate of drug-likeness (QED) is 0.0120. The van der Waals surface area contributed by atoms with Gasteiger partial charge in [0.15, 0.2) is 12.3 Å². The summed E-state index contributed by atoms with van der Waals surface area (Å²) in [5.74, 6) is -0.683. The summed E-state index contributed by atoms with van der Waals surface area (Å²) < 4.78 is 56.5. The van der Waals surface area contributed by atoms with E-state index in [0.717, 1.165) is 55.2 Å². The Labute approximate surface area is 402 Å². The minimum absolute atomic E-state index is 0.0603. The zero-order valence-electron chi connectivity index (χ0n) is 40.2. The number of allylic oxidation sites excluding steroid dienone is 6. The third kappa shape index (κ3) is 28.4. The molecule has 1 aliphatic heterocycles. The van der Waals surface area contributed by atoms with E-state index in [0.29, 0.717) is 32.1 Å². The molecule has 388 valence electrons. The predicted molar refractivity (Wildman–Crippen MR) is 258 cm³/mol. The molecule has 0 amide bonds. The number of nitrogens with zero attached hydrogens (tertiary/aromatic N) is 2. The Morgan fingerprint density at radius 1 is 0.824 bits per heavy atom. The normalized spacial score (nSPS) is 20.4. The molecule has 1 aliphatic rings. The molecule has 1 aromatic heterocycles. The average Bonchev–Trinajstić information content (AvgIpc) is 3.55. The number of aromatic nitrogens is 2. The summed E-state index contributed by atoms with van der Waals surface area (Å²) in [6, 6.07) is 1.24. The van der Waals surface area contributed by atoms with Crippen LogP contribution in [0.4, 0.5) is 5.82 Å². The number of esters is 2. The number of anilines is 1. The largest absolute Gasteiger partial charge is 0.481 e. The van der Waals surface area contributed by atoms with Gasteiger partial charge in [0, 0.05) is 19.0 Å². The van der Waals surface area contributed by atoms with Crippen molar-refractivity contribution in [2.24, 2.45) is 5.92 Å². The number of hydrogen-bond acceptors (Lipinski definition) is 16. The number of nitrogens with two attached hydrogens (primary N) is 1. The molecule has 1 saturated heterocycles. The summed E-state index contributed by atoms with van der Waals surface area (Å²) in [5, 5.41) is 31.0. The first-order chi connectivity index (χ1) is 32.4. The highest BCUT2D eigenvalue weighted by Gasteiger charge is 2.46. The minimum atomic E-state index is -5.45. The molecule has 2 unspecified atom stereocenters. The van der Waals surface area contributed by atoms with Crippen LogP contribution < -0.4 is 11.4 Å². The standard InChI is InChI=1S/C47H79N3O16P2/c1-4-5-6-7-12-18-23-28-38(51)29-24-19-14-11-16-21-26-31-43(53)64-39(34-61-42(52)30-25-20-15-10-8-9-13-17-22-27-37(2)3)35-62-67(57,58)66-68(59,60)63-36-40-44(54)45(55)46(65-40)50-33-32-41(48)49-47(50)56/h11-12,16,18-19,23-24,28,32-33,37-40,44-46,51,54-55H,4-10,13-15,17,20-22,25-27,29-31,34-36H2,1-3H3,(H,57,58)(H,59,60)(H2,48,49,56)/b16-11+,18-12-,24-19-,28-23-/t38-,39+,40+,44+,45+,46+/m0/s1. The number of unbranched alkanes of at least 4 members (excludes halogenated alkanes) is 12. The maximum Gasteiger partial charge on any atom is 0.481 e. The van der Waals surface area contributed by atoms with Crippen molar-refractivity contribution in [1.82, 2.24) is 9.55 Å². The Hall–Kier alpha value is -3.32. The number of ether oxygens (including phenoxy) is 3. The summed E-state index contributed by atoms with van der Waals surface area (Å²) in [6.45, 7) is 4.24. The van der Waals surface area contributed by atoms with E-state index in [1.807, 2.05) is 36.5 Å². The Morgan fingerprint density at radius 2 is 1.47 bits per heavy atom. The fourth-order valence-corrected chi connectivity index (χ4v) is 8.97. The van der Waals surface area contributed by atoms with Crippen LogP contribution in [0.3, 0.4) is 0 Å². The summed E-state index contributed by atoms with van der Waals surface area (Å²) in [6.07, 6.45) is 25.4. The molecule has 0 radical (unpaired) electrons. The van der Waals surface area contributed by atoms with Gasteiger partial charge in [-0.2, -0.15) is 9.29 Å². The van der Waals surface area contributed by atoms with Gasteiger partial charge in [-0.05, 0) is 56.9 Å². The van der Waals surface area contributed by atoms with E-state index in [4.69, 9.17) is 29.0 Å². The zero-order valence-corrected chi connectivity index (χ0v) is 42.0. The van der Waals surface area contributed by atoms with Gasteiger partial charge in [-0.15, -0.1) is 0 Å². The van der Waals surface area contributed by atoms with Crippen molar-refractivity contribution < 1.29 is 71.4 Å². The molecule has 1 fully saturated rings. The maximum absolute atomic E-state index is 12.8. The fraction of sp³-hybridized carbons (Fsp3) is 0.702. The van der Waals surface area contributed by atoms with E-state index in [1.165, 1.54) is 51.0 Å². The lowest BCUT2D eigenvalue weighted by Gasteiger charge is -2.21. The molecule has 0 aliphatic carbocycles. The first-order valence-electron chi connectivity index (χ1n) is 24.1. The van der Waals surface area contributed by atoms with Crippen LogP contribution in [0, 0.1) is 5.92 Å².